The third-order valence-corrected chi connectivity index (χ3v) is 8.57. The minimum atomic E-state index is -0.849. The van der Waals surface area contributed by atoms with Gasteiger partial charge in [0.2, 0.25) is 11.8 Å². The summed E-state index contributed by atoms with van der Waals surface area (Å²) in [5.74, 6) is -1.57. The molecule has 1 heterocycles. The maximum atomic E-state index is 12.8. The van der Waals surface area contributed by atoms with Crippen LogP contribution in [0.15, 0.2) is 42.5 Å². The second-order valence-electron chi connectivity index (χ2n) is 14.2. The van der Waals surface area contributed by atoms with E-state index in [1.54, 1.807) is 13.8 Å². The standard InChI is InChI=1S/C39H64N2O6/c1-6-7-8-9-10-11-12-13-14-15-16-17-18-19-23-26-34(42)41-33(29-32-24-21-20-22-25-32)30-45-35(43)27-28-40-37(44)36-38(2,3)31-46-39(4,5)47-36/h13-14,20-22,24-25,33,36H,6-12,15-19,23,26-31H2,1-5H3,(H,40,44)(H,41,42)/b14-13-/t33-,36?/m0/s1. The first-order valence-electron chi connectivity index (χ1n) is 18.3. The molecule has 8 nitrogen and oxygen atoms in total. The fourth-order valence-corrected chi connectivity index (χ4v) is 5.67. The predicted molar refractivity (Wildman–Crippen MR) is 189 cm³/mol. The van der Waals surface area contributed by atoms with Crippen LogP contribution in [0.25, 0.3) is 0 Å². The van der Waals surface area contributed by atoms with Gasteiger partial charge in [0.1, 0.15) is 12.7 Å². The number of allylic oxidation sites excluding steroid dienone is 2. The number of ether oxygens (including phenoxy) is 3. The molecule has 47 heavy (non-hydrogen) atoms. The molecule has 2 N–H and O–H groups in total. The summed E-state index contributed by atoms with van der Waals surface area (Å²) >= 11 is 0. The first-order valence-corrected chi connectivity index (χ1v) is 18.3. The average Bonchev–Trinajstić information content (AvgIpc) is 3.03. The van der Waals surface area contributed by atoms with Crippen molar-refractivity contribution in [3.8, 4) is 0 Å². The minimum Gasteiger partial charge on any atom is -0.463 e. The Morgan fingerprint density at radius 1 is 0.872 bits per heavy atom. The molecular weight excluding hydrogens is 592 g/mol. The number of rotatable bonds is 24. The maximum absolute atomic E-state index is 12.8. The summed E-state index contributed by atoms with van der Waals surface area (Å²) in [6.45, 7) is 10.3. The highest BCUT2D eigenvalue weighted by atomic mass is 16.7. The van der Waals surface area contributed by atoms with E-state index in [1.165, 1.54) is 57.8 Å². The lowest BCUT2D eigenvalue weighted by Gasteiger charge is -2.44. The molecule has 0 spiro atoms. The van der Waals surface area contributed by atoms with Crippen LogP contribution in [-0.4, -0.2) is 55.5 Å². The molecule has 1 saturated heterocycles. The zero-order valence-corrected chi connectivity index (χ0v) is 30.1. The Morgan fingerprint density at radius 2 is 1.49 bits per heavy atom. The Kier molecular flexibility index (Phi) is 19.6. The summed E-state index contributed by atoms with van der Waals surface area (Å²) < 4.78 is 17.1. The summed E-state index contributed by atoms with van der Waals surface area (Å²) in [5.41, 5.74) is 0.566. The summed E-state index contributed by atoms with van der Waals surface area (Å²) in [7, 11) is 0. The highest BCUT2D eigenvalue weighted by Crippen LogP contribution is 2.34. The van der Waals surface area contributed by atoms with Crippen LogP contribution < -0.4 is 10.6 Å². The fourth-order valence-electron chi connectivity index (χ4n) is 5.67. The van der Waals surface area contributed by atoms with Crippen LogP contribution in [0.1, 0.15) is 136 Å². The number of unbranched alkanes of at least 4 members (excludes halogenated alkanes) is 11. The molecule has 1 aliphatic heterocycles. The molecule has 1 fully saturated rings. The van der Waals surface area contributed by atoms with Crippen LogP contribution in [0.3, 0.4) is 0 Å². The van der Waals surface area contributed by atoms with E-state index in [2.05, 4.69) is 29.7 Å². The lowest BCUT2D eigenvalue weighted by molar-refractivity contribution is -0.304. The van der Waals surface area contributed by atoms with Crippen molar-refractivity contribution in [2.75, 3.05) is 19.8 Å². The van der Waals surface area contributed by atoms with Gasteiger partial charge in [0.25, 0.3) is 0 Å². The number of hydrogen-bond acceptors (Lipinski definition) is 6. The quantitative estimate of drug-likeness (QED) is 0.0665. The van der Waals surface area contributed by atoms with E-state index >= 15 is 0 Å². The molecule has 2 rings (SSSR count). The largest absolute Gasteiger partial charge is 0.463 e. The first kappa shape index (κ1) is 40.5. The zero-order valence-electron chi connectivity index (χ0n) is 30.1. The predicted octanol–water partition coefficient (Wildman–Crippen LogP) is 7.98. The number of hydrogen-bond donors (Lipinski definition) is 2. The van der Waals surface area contributed by atoms with Crippen LogP contribution in [0, 0.1) is 5.41 Å². The molecule has 2 amide bonds. The molecule has 0 aromatic heterocycles. The van der Waals surface area contributed by atoms with Gasteiger partial charge < -0.3 is 24.8 Å². The molecule has 1 unspecified atom stereocenters. The number of nitrogens with one attached hydrogen (secondary N) is 2. The number of amides is 2. The Morgan fingerprint density at radius 3 is 2.15 bits per heavy atom. The van der Waals surface area contributed by atoms with Crippen LogP contribution in [0.2, 0.25) is 0 Å². The first-order chi connectivity index (χ1) is 22.5. The van der Waals surface area contributed by atoms with E-state index in [1.807, 2.05) is 44.2 Å². The molecule has 2 atom stereocenters. The molecule has 0 radical (unpaired) electrons. The van der Waals surface area contributed by atoms with Gasteiger partial charge in [-0.1, -0.05) is 115 Å². The van der Waals surface area contributed by atoms with Crippen LogP contribution >= 0.6 is 0 Å². The van der Waals surface area contributed by atoms with Crippen molar-refractivity contribution in [3.63, 3.8) is 0 Å². The van der Waals surface area contributed by atoms with Gasteiger partial charge in [0.15, 0.2) is 5.79 Å². The van der Waals surface area contributed by atoms with Crippen molar-refractivity contribution in [1.29, 1.82) is 0 Å². The molecular formula is C39H64N2O6. The van der Waals surface area contributed by atoms with Gasteiger partial charge in [-0.25, -0.2) is 0 Å². The van der Waals surface area contributed by atoms with Gasteiger partial charge in [-0.2, -0.15) is 0 Å². The molecule has 1 aliphatic rings. The van der Waals surface area contributed by atoms with E-state index in [0.29, 0.717) is 19.4 Å². The van der Waals surface area contributed by atoms with Crippen molar-refractivity contribution in [2.45, 2.75) is 155 Å². The van der Waals surface area contributed by atoms with Crippen molar-refractivity contribution in [1.82, 2.24) is 10.6 Å². The molecule has 8 heteroatoms. The normalized spacial score (nSPS) is 17.7. The second-order valence-corrected chi connectivity index (χ2v) is 14.2. The zero-order chi connectivity index (χ0) is 34.4. The highest BCUT2D eigenvalue weighted by molar-refractivity contribution is 5.82. The minimum absolute atomic E-state index is 0.0196. The number of esters is 1. The van der Waals surface area contributed by atoms with Gasteiger partial charge >= 0.3 is 5.97 Å². The third kappa shape index (κ3) is 18.4. The van der Waals surface area contributed by atoms with Crippen molar-refractivity contribution in [3.05, 3.63) is 48.0 Å². The third-order valence-electron chi connectivity index (χ3n) is 8.57. The fraction of sp³-hybridized carbons (Fsp3) is 0.718. The van der Waals surface area contributed by atoms with Gasteiger partial charge in [0.05, 0.1) is 19.1 Å². The van der Waals surface area contributed by atoms with Crippen molar-refractivity contribution in [2.24, 2.45) is 5.41 Å². The average molecular weight is 657 g/mol. The van der Waals surface area contributed by atoms with Crippen molar-refractivity contribution >= 4 is 17.8 Å². The SMILES string of the molecule is CCCCCCCC/C=C\CCCCCCCC(=O)N[C@H](COC(=O)CCNC(=O)C1OC(C)(C)OCC1(C)C)Cc1ccccc1. The maximum Gasteiger partial charge on any atom is 0.307 e. The lowest BCUT2D eigenvalue weighted by atomic mass is 9.85. The highest BCUT2D eigenvalue weighted by Gasteiger charge is 2.45. The van der Waals surface area contributed by atoms with E-state index < -0.39 is 23.3 Å². The summed E-state index contributed by atoms with van der Waals surface area (Å²) in [6.07, 6.45) is 20.9. The molecule has 266 valence electrons. The van der Waals surface area contributed by atoms with E-state index in [0.717, 1.165) is 31.2 Å². The van der Waals surface area contributed by atoms with Gasteiger partial charge in [-0.15, -0.1) is 0 Å². The summed E-state index contributed by atoms with van der Waals surface area (Å²) in [4.78, 5) is 38.2. The monoisotopic (exact) mass is 656 g/mol. The van der Waals surface area contributed by atoms with Crippen LogP contribution in [-0.2, 0) is 35.0 Å². The smallest absolute Gasteiger partial charge is 0.307 e. The molecule has 0 saturated carbocycles. The van der Waals surface area contributed by atoms with E-state index in [9.17, 15) is 14.4 Å². The topological polar surface area (TPSA) is 103 Å². The van der Waals surface area contributed by atoms with Crippen LogP contribution in [0.4, 0.5) is 0 Å². The molecule has 0 aliphatic carbocycles. The molecule has 1 aromatic carbocycles. The Labute approximate surface area is 285 Å². The van der Waals surface area contributed by atoms with Crippen LogP contribution in [0.5, 0.6) is 0 Å². The second kappa shape index (κ2) is 22.8. The van der Waals surface area contributed by atoms with E-state index in [-0.39, 0.29) is 37.4 Å². The molecule has 0 bridgehead atoms. The summed E-state index contributed by atoms with van der Waals surface area (Å²) in [5, 5.41) is 5.89. The Hall–Kier alpha value is -2.71. The number of benzene rings is 1. The lowest BCUT2D eigenvalue weighted by Crippen LogP contribution is -2.56. The van der Waals surface area contributed by atoms with Crippen molar-refractivity contribution < 1.29 is 28.6 Å². The Balaban J connectivity index is 1.64. The molecule has 1 aromatic rings. The number of carbonyl (C=O) groups excluding carboxylic acids is 3. The van der Waals surface area contributed by atoms with E-state index in [4.69, 9.17) is 14.2 Å². The Bertz CT molecular complexity index is 1050. The van der Waals surface area contributed by atoms with Gasteiger partial charge in [-0.3, -0.25) is 14.4 Å². The van der Waals surface area contributed by atoms with Gasteiger partial charge in [-0.05, 0) is 57.9 Å². The van der Waals surface area contributed by atoms with Gasteiger partial charge in [0, 0.05) is 18.4 Å². The summed E-state index contributed by atoms with van der Waals surface area (Å²) in [6, 6.07) is 9.54. The number of carbonyl (C=O) groups is 3.